The summed E-state index contributed by atoms with van der Waals surface area (Å²) >= 11 is 0. The van der Waals surface area contributed by atoms with Gasteiger partial charge in [-0.05, 0) is 0 Å². The molecule has 1 unspecified atom stereocenters. The average Bonchev–Trinajstić information content (AvgIpc) is 1.68. The normalized spacial score (nSPS) is 18.9. The van der Waals surface area contributed by atoms with E-state index in [0.717, 1.165) is 0 Å². The molecule has 0 saturated carbocycles. The van der Waals surface area contributed by atoms with E-state index in [9.17, 15) is 0 Å². The molecule has 0 spiro atoms. The van der Waals surface area contributed by atoms with Gasteiger partial charge in [0.1, 0.15) is 0 Å². The van der Waals surface area contributed by atoms with Gasteiger partial charge in [-0.15, -0.1) is 0 Å². The van der Waals surface area contributed by atoms with Gasteiger partial charge < -0.3 is 5.11 Å². The average molecular weight is 107 g/mol. The molecule has 4 N–H and O–H groups in total. The van der Waals surface area contributed by atoms with Crippen LogP contribution in [0.4, 0.5) is 0 Å². The van der Waals surface area contributed by atoms with E-state index in [2.05, 4.69) is 4.89 Å². The first-order valence-electron chi connectivity index (χ1n) is 1.96. The Morgan fingerprint density at radius 2 is 2.29 bits per heavy atom. The van der Waals surface area contributed by atoms with Gasteiger partial charge in [0.25, 0.3) is 5.91 Å². The third-order valence-electron chi connectivity index (χ3n) is 0.665. The van der Waals surface area contributed by atoms with Gasteiger partial charge in [-0.25, -0.2) is 5.26 Å². The molecule has 0 fully saturated rings. The van der Waals surface area contributed by atoms with Crippen LogP contribution in [0.2, 0.25) is 0 Å². The van der Waals surface area contributed by atoms with Crippen molar-refractivity contribution in [2.45, 2.75) is 19.3 Å². The van der Waals surface area contributed by atoms with Gasteiger partial charge in [-0.2, -0.15) is 4.89 Å². The Kier molecular flexibility index (Phi) is 2.17. The molecular weight excluding hydrogens is 98.0 g/mol. The Morgan fingerprint density at radius 1 is 1.86 bits per heavy atom. The molecule has 44 valence electrons. The smallest absolute Gasteiger partial charge is 0.252 e. The zero-order valence-electron chi connectivity index (χ0n) is 4.09. The fourth-order valence-electron chi connectivity index (χ4n) is 0.0645. The fraction of sp³-hybridized carbons (Fsp3) is 1.00. The second-order valence-corrected chi connectivity index (χ2v) is 1.29. The molecule has 0 heterocycles. The summed E-state index contributed by atoms with van der Waals surface area (Å²) in [5, 5.41) is 16.2. The van der Waals surface area contributed by atoms with Crippen molar-refractivity contribution in [2.75, 3.05) is 0 Å². The van der Waals surface area contributed by atoms with Gasteiger partial charge >= 0.3 is 0 Å². The van der Waals surface area contributed by atoms with Gasteiger partial charge in [0.2, 0.25) is 0 Å². The van der Waals surface area contributed by atoms with Gasteiger partial charge in [-0.1, -0.05) is 6.92 Å². The van der Waals surface area contributed by atoms with Crippen LogP contribution in [0.3, 0.4) is 0 Å². The Hall–Kier alpha value is -0.160. The molecule has 0 aromatic rings. The lowest BCUT2D eigenvalue weighted by Crippen LogP contribution is -2.40. The summed E-state index contributed by atoms with van der Waals surface area (Å²) in [4.78, 5) is 3.42. The molecule has 0 aliphatic rings. The molecule has 0 aliphatic heterocycles. The predicted molar refractivity (Wildman–Crippen MR) is 23.1 cm³/mol. The zero-order valence-corrected chi connectivity index (χ0v) is 4.09. The monoisotopic (exact) mass is 107 g/mol. The molecule has 0 aliphatic carbocycles. The van der Waals surface area contributed by atoms with Gasteiger partial charge in [0.05, 0.1) is 0 Å². The van der Waals surface area contributed by atoms with Crippen molar-refractivity contribution in [1.29, 1.82) is 0 Å². The highest BCUT2D eigenvalue weighted by atomic mass is 17.1. The Labute approximate surface area is 41.4 Å². The van der Waals surface area contributed by atoms with E-state index < -0.39 is 5.91 Å². The molecule has 4 nitrogen and oxygen atoms in total. The first-order valence-corrected chi connectivity index (χ1v) is 1.96. The summed E-state index contributed by atoms with van der Waals surface area (Å²) in [5.41, 5.74) is 4.80. The first kappa shape index (κ1) is 6.84. The Balaban J connectivity index is 3.36. The lowest BCUT2D eigenvalue weighted by atomic mass is 10.4. The van der Waals surface area contributed by atoms with E-state index in [1.165, 1.54) is 0 Å². The van der Waals surface area contributed by atoms with Crippen LogP contribution >= 0.6 is 0 Å². The molecule has 0 aromatic carbocycles. The van der Waals surface area contributed by atoms with E-state index in [1.54, 1.807) is 6.92 Å². The van der Waals surface area contributed by atoms with Crippen molar-refractivity contribution >= 4 is 0 Å². The molecule has 0 aromatic heterocycles. The van der Waals surface area contributed by atoms with E-state index in [4.69, 9.17) is 16.1 Å². The lowest BCUT2D eigenvalue weighted by Gasteiger charge is -2.14. The van der Waals surface area contributed by atoms with Crippen molar-refractivity contribution in [3.63, 3.8) is 0 Å². The molecule has 0 saturated heterocycles. The van der Waals surface area contributed by atoms with Gasteiger partial charge in [0, 0.05) is 6.42 Å². The van der Waals surface area contributed by atoms with Crippen molar-refractivity contribution in [1.82, 2.24) is 0 Å². The minimum Gasteiger partial charge on any atom is -0.352 e. The highest BCUT2D eigenvalue weighted by molar-refractivity contribution is 4.47. The second-order valence-electron chi connectivity index (χ2n) is 1.29. The second kappa shape index (κ2) is 2.23. The van der Waals surface area contributed by atoms with Crippen LogP contribution in [0.5, 0.6) is 0 Å². The van der Waals surface area contributed by atoms with E-state index in [-0.39, 0.29) is 6.42 Å². The Morgan fingerprint density at radius 3 is 2.29 bits per heavy atom. The highest BCUT2D eigenvalue weighted by Crippen LogP contribution is 1.98. The minimum absolute atomic E-state index is 0.156. The van der Waals surface area contributed by atoms with Crippen molar-refractivity contribution in [3.8, 4) is 0 Å². The summed E-state index contributed by atoms with van der Waals surface area (Å²) in [7, 11) is 0. The maximum atomic E-state index is 8.44. The number of hydrogen-bond donors (Lipinski definition) is 3. The topological polar surface area (TPSA) is 75.7 Å². The molecular formula is C3H9NO3. The quantitative estimate of drug-likeness (QED) is 0.252. The molecule has 0 radical (unpaired) electrons. The van der Waals surface area contributed by atoms with Crippen LogP contribution in [-0.4, -0.2) is 16.3 Å². The SMILES string of the molecule is CCC(N)(O)OO. The number of rotatable bonds is 2. The van der Waals surface area contributed by atoms with Crippen molar-refractivity contribution < 1.29 is 15.3 Å². The number of aliphatic hydroxyl groups is 1. The molecule has 4 heteroatoms. The maximum Gasteiger partial charge on any atom is 0.252 e. The van der Waals surface area contributed by atoms with Crippen molar-refractivity contribution in [3.05, 3.63) is 0 Å². The predicted octanol–water partition coefficient (Wildman–Crippen LogP) is -0.509. The minimum atomic E-state index is -1.86. The van der Waals surface area contributed by atoms with Crippen molar-refractivity contribution in [2.24, 2.45) is 5.73 Å². The summed E-state index contributed by atoms with van der Waals surface area (Å²) in [6, 6.07) is 0. The van der Waals surface area contributed by atoms with Crippen LogP contribution in [0.25, 0.3) is 0 Å². The van der Waals surface area contributed by atoms with E-state index in [0.29, 0.717) is 0 Å². The summed E-state index contributed by atoms with van der Waals surface area (Å²) in [5.74, 6) is -1.86. The summed E-state index contributed by atoms with van der Waals surface area (Å²) in [6.45, 7) is 1.58. The fourth-order valence-corrected chi connectivity index (χ4v) is 0.0645. The molecule has 0 rings (SSSR count). The van der Waals surface area contributed by atoms with Crippen LogP contribution < -0.4 is 5.73 Å². The number of nitrogens with two attached hydrogens (primary N) is 1. The van der Waals surface area contributed by atoms with Gasteiger partial charge in [-0.3, -0.25) is 5.73 Å². The Bertz CT molecular complexity index is 48.1. The maximum absolute atomic E-state index is 8.44. The molecule has 0 amide bonds. The van der Waals surface area contributed by atoms with Gasteiger partial charge in [0.15, 0.2) is 0 Å². The number of hydrogen-bond acceptors (Lipinski definition) is 4. The van der Waals surface area contributed by atoms with Crippen LogP contribution in [0.1, 0.15) is 13.3 Å². The lowest BCUT2D eigenvalue weighted by molar-refractivity contribution is -0.391. The summed E-state index contributed by atoms with van der Waals surface area (Å²) < 4.78 is 0. The summed E-state index contributed by atoms with van der Waals surface area (Å²) in [6.07, 6.45) is 0.156. The van der Waals surface area contributed by atoms with E-state index in [1.807, 2.05) is 0 Å². The third kappa shape index (κ3) is 2.52. The third-order valence-corrected chi connectivity index (χ3v) is 0.665. The standard InChI is InChI=1S/C3H9NO3/c1-2-3(4,5)7-6/h5-6H,2,4H2,1H3. The molecule has 7 heavy (non-hydrogen) atoms. The van der Waals surface area contributed by atoms with Crippen LogP contribution in [0.15, 0.2) is 0 Å². The largest absolute Gasteiger partial charge is 0.352 e. The van der Waals surface area contributed by atoms with Crippen LogP contribution in [-0.2, 0) is 4.89 Å². The molecule has 0 bridgehead atoms. The zero-order chi connectivity index (χ0) is 5.91. The highest BCUT2D eigenvalue weighted by Gasteiger charge is 2.17. The first-order chi connectivity index (χ1) is 3.12. The van der Waals surface area contributed by atoms with Crippen LogP contribution in [0, 0.1) is 0 Å². The molecule has 1 atom stereocenters. The van der Waals surface area contributed by atoms with E-state index >= 15 is 0 Å².